The molecule has 2 rings (SSSR count). The van der Waals surface area contributed by atoms with E-state index in [1.54, 1.807) is 0 Å². The summed E-state index contributed by atoms with van der Waals surface area (Å²) in [5.74, 6) is 1.01. The lowest BCUT2D eigenvalue weighted by Gasteiger charge is -2.25. The summed E-state index contributed by atoms with van der Waals surface area (Å²) in [7, 11) is 0. The number of rotatable bonds is 5. The second kappa shape index (κ2) is 5.66. The van der Waals surface area contributed by atoms with E-state index in [0.717, 1.165) is 19.0 Å². The summed E-state index contributed by atoms with van der Waals surface area (Å²) in [5.41, 5.74) is 1.35. The summed E-state index contributed by atoms with van der Waals surface area (Å²) in [5, 5.41) is 3.51. The first-order valence-corrected chi connectivity index (χ1v) is 6.59. The van der Waals surface area contributed by atoms with Crippen LogP contribution in [-0.4, -0.2) is 6.54 Å². The minimum atomic E-state index is 0.980. The third kappa shape index (κ3) is 3.32. The fourth-order valence-electron chi connectivity index (χ4n) is 1.95. The standard InChI is InChI=1S/C13H18BrN/c14-13-7-2-1-6-12(13)10-15-9-8-11-4-3-5-11/h1-2,6-7,11,15H,3-5,8-10H2. The van der Waals surface area contributed by atoms with Crippen LogP contribution in [0.5, 0.6) is 0 Å². The molecule has 1 fully saturated rings. The molecule has 0 radical (unpaired) electrons. The second-order valence-electron chi connectivity index (χ2n) is 4.35. The Morgan fingerprint density at radius 3 is 2.73 bits per heavy atom. The van der Waals surface area contributed by atoms with Crippen molar-refractivity contribution < 1.29 is 0 Å². The number of halogens is 1. The number of hydrogen-bond acceptors (Lipinski definition) is 1. The number of hydrogen-bond donors (Lipinski definition) is 1. The van der Waals surface area contributed by atoms with Gasteiger partial charge < -0.3 is 5.32 Å². The molecule has 0 saturated heterocycles. The molecule has 0 heterocycles. The topological polar surface area (TPSA) is 12.0 Å². The summed E-state index contributed by atoms with van der Waals surface area (Å²) >= 11 is 3.56. The summed E-state index contributed by atoms with van der Waals surface area (Å²) in [6, 6.07) is 8.42. The van der Waals surface area contributed by atoms with Crippen molar-refractivity contribution >= 4 is 15.9 Å². The van der Waals surface area contributed by atoms with Gasteiger partial charge in [-0.05, 0) is 30.5 Å². The van der Waals surface area contributed by atoms with E-state index in [1.165, 1.54) is 35.7 Å². The van der Waals surface area contributed by atoms with Gasteiger partial charge in [-0.1, -0.05) is 53.4 Å². The predicted molar refractivity (Wildman–Crippen MR) is 67.8 cm³/mol. The van der Waals surface area contributed by atoms with Crippen LogP contribution in [0.3, 0.4) is 0 Å². The van der Waals surface area contributed by atoms with Crippen LogP contribution in [0.1, 0.15) is 31.2 Å². The lowest BCUT2D eigenvalue weighted by Crippen LogP contribution is -2.21. The van der Waals surface area contributed by atoms with Crippen LogP contribution in [0.15, 0.2) is 28.7 Å². The average molecular weight is 268 g/mol. The van der Waals surface area contributed by atoms with E-state index < -0.39 is 0 Å². The van der Waals surface area contributed by atoms with E-state index in [1.807, 2.05) is 0 Å². The monoisotopic (exact) mass is 267 g/mol. The molecular weight excluding hydrogens is 250 g/mol. The largest absolute Gasteiger partial charge is 0.313 e. The third-order valence-corrected chi connectivity index (χ3v) is 4.00. The van der Waals surface area contributed by atoms with Gasteiger partial charge in [0.05, 0.1) is 0 Å². The Kier molecular flexibility index (Phi) is 4.21. The Bertz CT molecular complexity index is 307. The second-order valence-corrected chi connectivity index (χ2v) is 5.21. The molecule has 1 aromatic rings. The molecule has 0 aliphatic heterocycles. The van der Waals surface area contributed by atoms with Gasteiger partial charge in [0.2, 0.25) is 0 Å². The Morgan fingerprint density at radius 1 is 1.27 bits per heavy atom. The van der Waals surface area contributed by atoms with Crippen LogP contribution in [0, 0.1) is 5.92 Å². The van der Waals surface area contributed by atoms with Gasteiger partial charge >= 0.3 is 0 Å². The molecule has 0 unspecified atom stereocenters. The van der Waals surface area contributed by atoms with Crippen molar-refractivity contribution in [2.24, 2.45) is 5.92 Å². The molecule has 0 atom stereocenters. The molecule has 0 aromatic heterocycles. The minimum absolute atomic E-state index is 0.980. The third-order valence-electron chi connectivity index (χ3n) is 3.23. The number of nitrogens with one attached hydrogen (secondary N) is 1. The first-order valence-electron chi connectivity index (χ1n) is 5.80. The summed E-state index contributed by atoms with van der Waals surface area (Å²) < 4.78 is 1.21. The van der Waals surface area contributed by atoms with Crippen LogP contribution < -0.4 is 5.32 Å². The maximum Gasteiger partial charge on any atom is 0.0220 e. The molecule has 1 saturated carbocycles. The molecule has 1 N–H and O–H groups in total. The zero-order chi connectivity index (χ0) is 10.5. The Balaban J connectivity index is 1.66. The fourth-order valence-corrected chi connectivity index (χ4v) is 2.38. The van der Waals surface area contributed by atoms with Gasteiger partial charge in [0.15, 0.2) is 0 Å². The van der Waals surface area contributed by atoms with Gasteiger partial charge in [-0.3, -0.25) is 0 Å². The minimum Gasteiger partial charge on any atom is -0.313 e. The quantitative estimate of drug-likeness (QED) is 0.802. The predicted octanol–water partition coefficient (Wildman–Crippen LogP) is 3.73. The highest BCUT2D eigenvalue weighted by Crippen LogP contribution is 2.28. The maximum absolute atomic E-state index is 3.56. The molecule has 1 nitrogen and oxygen atoms in total. The summed E-state index contributed by atoms with van der Waals surface area (Å²) in [4.78, 5) is 0. The Hall–Kier alpha value is -0.340. The van der Waals surface area contributed by atoms with E-state index in [2.05, 4.69) is 45.5 Å². The molecule has 1 aliphatic rings. The fraction of sp³-hybridized carbons (Fsp3) is 0.538. The van der Waals surface area contributed by atoms with Gasteiger partial charge in [0.25, 0.3) is 0 Å². The highest BCUT2D eigenvalue weighted by Gasteiger charge is 2.16. The molecule has 82 valence electrons. The highest BCUT2D eigenvalue weighted by molar-refractivity contribution is 9.10. The van der Waals surface area contributed by atoms with Crippen LogP contribution >= 0.6 is 15.9 Å². The number of benzene rings is 1. The molecule has 0 amide bonds. The molecule has 15 heavy (non-hydrogen) atoms. The zero-order valence-corrected chi connectivity index (χ0v) is 10.6. The van der Waals surface area contributed by atoms with Crippen molar-refractivity contribution in [2.45, 2.75) is 32.2 Å². The van der Waals surface area contributed by atoms with Crippen molar-refractivity contribution in [3.05, 3.63) is 34.3 Å². The molecular formula is C13H18BrN. The molecule has 1 aromatic carbocycles. The van der Waals surface area contributed by atoms with Crippen molar-refractivity contribution in [3.8, 4) is 0 Å². The van der Waals surface area contributed by atoms with Crippen LogP contribution in [0.4, 0.5) is 0 Å². The van der Waals surface area contributed by atoms with Crippen molar-refractivity contribution in [1.82, 2.24) is 5.32 Å². The van der Waals surface area contributed by atoms with E-state index in [4.69, 9.17) is 0 Å². The zero-order valence-electron chi connectivity index (χ0n) is 9.01. The average Bonchev–Trinajstić information content (AvgIpc) is 2.17. The van der Waals surface area contributed by atoms with E-state index in [0.29, 0.717) is 0 Å². The van der Waals surface area contributed by atoms with Crippen LogP contribution in [-0.2, 0) is 6.54 Å². The normalized spacial score (nSPS) is 16.3. The summed E-state index contributed by atoms with van der Waals surface area (Å²) in [6.07, 6.45) is 5.72. The SMILES string of the molecule is Brc1ccccc1CNCCC1CCC1. The van der Waals surface area contributed by atoms with Crippen molar-refractivity contribution in [3.63, 3.8) is 0 Å². The lowest BCUT2D eigenvalue weighted by atomic mass is 9.83. The first kappa shape index (κ1) is 11.2. The molecule has 0 bridgehead atoms. The smallest absolute Gasteiger partial charge is 0.0220 e. The molecule has 1 aliphatic carbocycles. The van der Waals surface area contributed by atoms with E-state index in [9.17, 15) is 0 Å². The van der Waals surface area contributed by atoms with Crippen LogP contribution in [0.2, 0.25) is 0 Å². The highest BCUT2D eigenvalue weighted by atomic mass is 79.9. The first-order chi connectivity index (χ1) is 7.36. The maximum atomic E-state index is 3.56. The van der Waals surface area contributed by atoms with Gasteiger partial charge in [-0.2, -0.15) is 0 Å². The van der Waals surface area contributed by atoms with E-state index >= 15 is 0 Å². The Morgan fingerprint density at radius 2 is 2.07 bits per heavy atom. The van der Waals surface area contributed by atoms with Gasteiger partial charge in [-0.15, -0.1) is 0 Å². The molecule has 2 heteroatoms. The summed E-state index contributed by atoms with van der Waals surface area (Å²) in [6.45, 7) is 2.14. The van der Waals surface area contributed by atoms with Gasteiger partial charge in [0.1, 0.15) is 0 Å². The van der Waals surface area contributed by atoms with Gasteiger partial charge in [0, 0.05) is 11.0 Å². The molecule has 0 spiro atoms. The van der Waals surface area contributed by atoms with Crippen molar-refractivity contribution in [2.75, 3.05) is 6.54 Å². The van der Waals surface area contributed by atoms with Gasteiger partial charge in [-0.25, -0.2) is 0 Å². The lowest BCUT2D eigenvalue weighted by molar-refractivity contribution is 0.292. The van der Waals surface area contributed by atoms with Crippen LogP contribution in [0.25, 0.3) is 0 Å². The van der Waals surface area contributed by atoms with E-state index in [-0.39, 0.29) is 0 Å². The van der Waals surface area contributed by atoms with Crippen molar-refractivity contribution in [1.29, 1.82) is 0 Å². The Labute approximate surface area is 100 Å².